The number of nitrogens with one attached hydrogen (secondary N) is 1. The zero-order chi connectivity index (χ0) is 18.5. The monoisotopic (exact) mass is 337 g/mol. The first-order valence-corrected chi connectivity index (χ1v) is 7.86. The fourth-order valence-corrected chi connectivity index (χ4v) is 1.88. The number of benzene rings is 1. The number of phenolic OH excluding ortho intramolecular Hbond substituents is 1. The van der Waals surface area contributed by atoms with Gasteiger partial charge >= 0.3 is 12.1 Å². The van der Waals surface area contributed by atoms with Crippen molar-refractivity contribution in [2.24, 2.45) is 0 Å². The van der Waals surface area contributed by atoms with E-state index >= 15 is 0 Å². The van der Waals surface area contributed by atoms with Gasteiger partial charge in [0.2, 0.25) is 0 Å². The van der Waals surface area contributed by atoms with Crippen LogP contribution in [-0.2, 0) is 20.7 Å². The highest BCUT2D eigenvalue weighted by Crippen LogP contribution is 2.15. The summed E-state index contributed by atoms with van der Waals surface area (Å²) in [7, 11) is 0. The van der Waals surface area contributed by atoms with Crippen LogP contribution in [0.1, 0.15) is 47.1 Å². The Balaban J connectivity index is 2.88. The van der Waals surface area contributed by atoms with E-state index in [2.05, 4.69) is 5.32 Å². The van der Waals surface area contributed by atoms with Gasteiger partial charge in [0.05, 0.1) is 0 Å². The topological polar surface area (TPSA) is 84.9 Å². The van der Waals surface area contributed by atoms with Crippen LogP contribution >= 0.6 is 0 Å². The Labute approximate surface area is 143 Å². The molecule has 0 aliphatic carbocycles. The normalized spacial score (nSPS) is 13.1. The Morgan fingerprint density at radius 3 is 1.96 bits per heavy atom. The van der Waals surface area contributed by atoms with Gasteiger partial charge in [-0.05, 0) is 59.2 Å². The second-order valence-corrected chi connectivity index (χ2v) is 7.60. The smallest absolute Gasteiger partial charge is 0.408 e. The zero-order valence-electron chi connectivity index (χ0n) is 15.2. The molecule has 0 heterocycles. The molecule has 1 aromatic carbocycles. The van der Waals surface area contributed by atoms with E-state index in [-0.39, 0.29) is 12.2 Å². The van der Waals surface area contributed by atoms with Gasteiger partial charge in [0, 0.05) is 6.42 Å². The summed E-state index contributed by atoms with van der Waals surface area (Å²) < 4.78 is 10.6. The Morgan fingerprint density at radius 1 is 1.00 bits per heavy atom. The first kappa shape index (κ1) is 19.8. The Hall–Kier alpha value is -2.24. The van der Waals surface area contributed by atoms with Crippen LogP contribution in [0.4, 0.5) is 4.79 Å². The van der Waals surface area contributed by atoms with Crippen molar-refractivity contribution < 1.29 is 24.2 Å². The highest BCUT2D eigenvalue weighted by molar-refractivity contribution is 5.82. The van der Waals surface area contributed by atoms with E-state index in [1.165, 1.54) is 12.1 Å². The molecule has 1 rings (SSSR count). The standard InChI is InChI=1S/C18H27NO5/c1-17(2,3)23-15(21)14(19-16(22)24-18(4,5)6)11-12-7-9-13(20)10-8-12/h7-10,14,20H,11H2,1-6H3,(H,19,22)/t14-/m0/s1. The van der Waals surface area contributed by atoms with E-state index in [0.717, 1.165) is 5.56 Å². The molecule has 0 unspecified atom stereocenters. The van der Waals surface area contributed by atoms with Crippen molar-refractivity contribution in [3.63, 3.8) is 0 Å². The van der Waals surface area contributed by atoms with E-state index in [1.807, 2.05) is 0 Å². The predicted molar refractivity (Wildman–Crippen MR) is 90.8 cm³/mol. The molecule has 0 aliphatic heterocycles. The lowest BCUT2D eigenvalue weighted by Crippen LogP contribution is -2.47. The summed E-state index contributed by atoms with van der Waals surface area (Å²) >= 11 is 0. The van der Waals surface area contributed by atoms with Crippen LogP contribution in [0.15, 0.2) is 24.3 Å². The molecule has 0 spiro atoms. The van der Waals surface area contributed by atoms with E-state index in [1.54, 1.807) is 53.7 Å². The van der Waals surface area contributed by atoms with Crippen LogP contribution < -0.4 is 5.32 Å². The fourth-order valence-electron chi connectivity index (χ4n) is 1.88. The van der Waals surface area contributed by atoms with Gasteiger partial charge in [-0.25, -0.2) is 9.59 Å². The van der Waals surface area contributed by atoms with Crippen LogP contribution in [0.2, 0.25) is 0 Å². The maximum Gasteiger partial charge on any atom is 0.408 e. The molecule has 2 N–H and O–H groups in total. The predicted octanol–water partition coefficient (Wildman–Crippen LogP) is 3.17. The third-order valence-electron chi connectivity index (χ3n) is 2.76. The van der Waals surface area contributed by atoms with Crippen molar-refractivity contribution >= 4 is 12.1 Å². The highest BCUT2D eigenvalue weighted by atomic mass is 16.6. The Morgan fingerprint density at radius 2 is 1.50 bits per heavy atom. The third-order valence-corrected chi connectivity index (χ3v) is 2.76. The molecule has 1 atom stereocenters. The third kappa shape index (κ3) is 7.85. The average molecular weight is 337 g/mol. The number of esters is 1. The van der Waals surface area contributed by atoms with E-state index < -0.39 is 29.3 Å². The second kappa shape index (κ2) is 7.55. The number of alkyl carbamates (subject to hydrolysis) is 1. The number of ether oxygens (including phenoxy) is 2. The molecular weight excluding hydrogens is 310 g/mol. The first-order chi connectivity index (χ1) is 10.9. The molecule has 0 aromatic heterocycles. The number of phenols is 1. The number of aromatic hydroxyl groups is 1. The number of rotatable bonds is 4. The van der Waals surface area contributed by atoms with E-state index in [4.69, 9.17) is 9.47 Å². The zero-order valence-corrected chi connectivity index (χ0v) is 15.2. The summed E-state index contributed by atoms with van der Waals surface area (Å²) in [6, 6.07) is 5.53. The lowest BCUT2D eigenvalue weighted by molar-refractivity contribution is -0.157. The number of hydrogen-bond acceptors (Lipinski definition) is 5. The molecule has 0 fully saturated rings. The Kier molecular flexibility index (Phi) is 6.23. The van der Waals surface area contributed by atoms with E-state index in [0.29, 0.717) is 0 Å². The van der Waals surface area contributed by atoms with Crippen molar-refractivity contribution in [2.75, 3.05) is 0 Å². The van der Waals surface area contributed by atoms with Crippen LogP contribution in [0.3, 0.4) is 0 Å². The maximum atomic E-state index is 12.4. The number of carbonyl (C=O) groups is 2. The molecule has 1 aromatic rings. The molecule has 1 amide bonds. The first-order valence-electron chi connectivity index (χ1n) is 7.86. The van der Waals surface area contributed by atoms with Crippen LogP contribution in [-0.4, -0.2) is 34.4 Å². The van der Waals surface area contributed by atoms with Gasteiger partial charge in [-0.15, -0.1) is 0 Å². The van der Waals surface area contributed by atoms with Crippen LogP contribution in [0.25, 0.3) is 0 Å². The van der Waals surface area contributed by atoms with Gasteiger partial charge in [0.15, 0.2) is 0 Å². The van der Waals surface area contributed by atoms with Crippen LogP contribution in [0, 0.1) is 0 Å². The quantitative estimate of drug-likeness (QED) is 0.824. The van der Waals surface area contributed by atoms with Crippen molar-refractivity contribution in [2.45, 2.75) is 65.2 Å². The van der Waals surface area contributed by atoms with Gasteiger partial charge in [0.1, 0.15) is 23.0 Å². The molecular formula is C18H27NO5. The van der Waals surface area contributed by atoms with Crippen molar-refractivity contribution in [3.05, 3.63) is 29.8 Å². The minimum atomic E-state index is -0.886. The molecule has 0 radical (unpaired) electrons. The molecule has 6 heteroatoms. The summed E-state index contributed by atoms with van der Waals surface area (Å²) in [5, 5.41) is 11.9. The summed E-state index contributed by atoms with van der Waals surface area (Å²) in [6.07, 6.45) is -0.453. The van der Waals surface area contributed by atoms with E-state index in [9.17, 15) is 14.7 Å². The van der Waals surface area contributed by atoms with Gasteiger partial charge in [0.25, 0.3) is 0 Å². The molecule has 0 bridgehead atoms. The molecule has 0 saturated heterocycles. The van der Waals surface area contributed by atoms with Crippen molar-refractivity contribution in [1.82, 2.24) is 5.32 Å². The molecule has 0 aliphatic rings. The summed E-state index contributed by atoms with van der Waals surface area (Å²) in [5.41, 5.74) is -0.555. The Bertz CT molecular complexity index is 567. The summed E-state index contributed by atoms with van der Waals surface area (Å²) in [5.74, 6) is -0.408. The highest BCUT2D eigenvalue weighted by Gasteiger charge is 2.28. The fraction of sp³-hybridized carbons (Fsp3) is 0.556. The maximum absolute atomic E-state index is 12.4. The largest absolute Gasteiger partial charge is 0.508 e. The van der Waals surface area contributed by atoms with Gasteiger partial charge in [-0.1, -0.05) is 12.1 Å². The minimum Gasteiger partial charge on any atom is -0.508 e. The molecule has 0 saturated carbocycles. The van der Waals surface area contributed by atoms with Crippen LogP contribution in [0.5, 0.6) is 5.75 Å². The molecule has 24 heavy (non-hydrogen) atoms. The lowest BCUT2D eigenvalue weighted by atomic mass is 10.1. The van der Waals surface area contributed by atoms with Gasteiger partial charge in [-0.2, -0.15) is 0 Å². The SMILES string of the molecule is CC(C)(C)OC(=O)N[C@@H](Cc1ccc(O)cc1)C(=O)OC(C)(C)C. The molecule has 134 valence electrons. The summed E-state index contributed by atoms with van der Waals surface area (Å²) in [4.78, 5) is 24.4. The average Bonchev–Trinajstić information content (AvgIpc) is 2.36. The number of carbonyl (C=O) groups excluding carboxylic acids is 2. The van der Waals surface area contributed by atoms with Gasteiger partial charge < -0.3 is 19.9 Å². The summed E-state index contributed by atoms with van der Waals surface area (Å²) in [6.45, 7) is 10.5. The van der Waals surface area contributed by atoms with Crippen molar-refractivity contribution in [1.29, 1.82) is 0 Å². The van der Waals surface area contributed by atoms with Gasteiger partial charge in [-0.3, -0.25) is 0 Å². The van der Waals surface area contributed by atoms with Crippen molar-refractivity contribution in [3.8, 4) is 5.75 Å². The lowest BCUT2D eigenvalue weighted by Gasteiger charge is -2.26. The second-order valence-electron chi connectivity index (χ2n) is 7.60. The molecule has 6 nitrogen and oxygen atoms in total. The minimum absolute atomic E-state index is 0.132. The number of hydrogen-bond donors (Lipinski definition) is 2. The number of amides is 1.